The average molecular weight is 546 g/mol. The highest BCUT2D eigenvalue weighted by Crippen LogP contribution is 2.32. The Morgan fingerprint density at radius 1 is 1.05 bits per heavy atom. The zero-order chi connectivity index (χ0) is 28.0. The Morgan fingerprint density at radius 3 is 2.19 bits per heavy atom. The maximum atomic E-state index is 13.5. The number of amides is 2. The molecule has 12 heteroatoms. The van der Waals surface area contributed by atoms with E-state index in [0.717, 1.165) is 29.4 Å². The smallest absolute Gasteiger partial charge is 0.354 e. The van der Waals surface area contributed by atoms with Gasteiger partial charge in [0.25, 0.3) is 0 Å². The topological polar surface area (TPSA) is 86.8 Å². The number of nitrogens with one attached hydrogen (secondary N) is 1. The summed E-state index contributed by atoms with van der Waals surface area (Å²) in [5.41, 5.74) is -0.937. The van der Waals surface area contributed by atoms with E-state index in [4.69, 9.17) is 0 Å². The van der Waals surface area contributed by atoms with Crippen molar-refractivity contribution in [2.45, 2.75) is 46.0 Å². The van der Waals surface area contributed by atoms with Crippen LogP contribution in [-0.2, 0) is 32.3 Å². The molecule has 0 aromatic heterocycles. The highest BCUT2D eigenvalue weighted by atomic mass is 32.2. The van der Waals surface area contributed by atoms with Gasteiger partial charge in [-0.25, -0.2) is 12.8 Å². The molecule has 0 fully saturated rings. The summed E-state index contributed by atoms with van der Waals surface area (Å²) in [5, 5.41) is 2.75. The van der Waals surface area contributed by atoms with Gasteiger partial charge in [0.2, 0.25) is 21.8 Å². The van der Waals surface area contributed by atoms with Gasteiger partial charge in [-0.3, -0.25) is 13.9 Å². The number of benzene rings is 2. The first-order valence-corrected chi connectivity index (χ1v) is 13.4. The van der Waals surface area contributed by atoms with Crippen molar-refractivity contribution in [2.75, 3.05) is 23.7 Å². The molecule has 0 aliphatic carbocycles. The fourth-order valence-electron chi connectivity index (χ4n) is 3.58. The van der Waals surface area contributed by atoms with Crippen LogP contribution in [-0.4, -0.2) is 50.5 Å². The molecule has 0 spiro atoms. The molecular formula is C25H31F4N3O4S. The van der Waals surface area contributed by atoms with Gasteiger partial charge in [-0.05, 0) is 48.2 Å². The number of alkyl halides is 3. The number of carbonyl (C=O) groups excluding carboxylic acids is 2. The van der Waals surface area contributed by atoms with E-state index in [9.17, 15) is 35.6 Å². The van der Waals surface area contributed by atoms with Crippen LogP contribution in [0.15, 0.2) is 48.5 Å². The van der Waals surface area contributed by atoms with Gasteiger partial charge in [-0.15, -0.1) is 0 Å². The van der Waals surface area contributed by atoms with Crippen LogP contribution < -0.4 is 9.62 Å². The molecule has 7 nitrogen and oxygen atoms in total. The van der Waals surface area contributed by atoms with E-state index in [1.807, 2.05) is 13.8 Å². The Bertz CT molecular complexity index is 1190. The second-order valence-electron chi connectivity index (χ2n) is 9.03. The minimum atomic E-state index is -4.72. The lowest BCUT2D eigenvalue weighted by Crippen LogP contribution is -2.52. The predicted octanol–water partition coefficient (Wildman–Crippen LogP) is 4.19. The lowest BCUT2D eigenvalue weighted by molar-refractivity contribution is -0.140. The van der Waals surface area contributed by atoms with Crippen LogP contribution in [0.5, 0.6) is 0 Å². The Labute approximate surface area is 214 Å². The largest absolute Gasteiger partial charge is 0.416 e. The van der Waals surface area contributed by atoms with Crippen molar-refractivity contribution in [1.29, 1.82) is 0 Å². The third kappa shape index (κ3) is 8.73. The molecule has 2 aromatic rings. The van der Waals surface area contributed by atoms with Gasteiger partial charge in [0.1, 0.15) is 18.4 Å². The van der Waals surface area contributed by atoms with Crippen LogP contribution >= 0.6 is 0 Å². The number of nitrogens with zero attached hydrogens (tertiary/aromatic N) is 2. The number of hydrogen-bond donors (Lipinski definition) is 1. The van der Waals surface area contributed by atoms with Crippen LogP contribution in [0.2, 0.25) is 0 Å². The number of anilines is 1. The Balaban J connectivity index is 2.46. The lowest BCUT2D eigenvalue weighted by Gasteiger charge is -2.33. The second-order valence-corrected chi connectivity index (χ2v) is 10.9. The van der Waals surface area contributed by atoms with E-state index >= 15 is 0 Å². The standard InChI is InChI=1S/C25H31F4N3O4S/c1-5-22(24(34)30-14-17(2)3)31(15-18-9-11-20(26)12-10-18)23(33)16-32(37(4,35)36)21-8-6-7-19(13-21)25(27,28)29/h6-13,17,22H,5,14-16H2,1-4H3,(H,30,34)/t22-/m0/s1. The average Bonchev–Trinajstić information content (AvgIpc) is 2.81. The van der Waals surface area contributed by atoms with Crippen LogP contribution in [0, 0.1) is 11.7 Å². The number of hydrogen-bond acceptors (Lipinski definition) is 4. The van der Waals surface area contributed by atoms with Crippen LogP contribution in [0.25, 0.3) is 0 Å². The third-order valence-electron chi connectivity index (χ3n) is 5.48. The highest BCUT2D eigenvalue weighted by molar-refractivity contribution is 7.92. The normalized spacial score (nSPS) is 12.8. The number of sulfonamides is 1. The molecule has 0 heterocycles. The summed E-state index contributed by atoms with van der Waals surface area (Å²) in [6.07, 6.45) is -3.77. The van der Waals surface area contributed by atoms with Crippen LogP contribution in [0.4, 0.5) is 23.2 Å². The van der Waals surface area contributed by atoms with Crippen molar-refractivity contribution in [3.8, 4) is 0 Å². The van der Waals surface area contributed by atoms with E-state index in [1.165, 1.54) is 24.3 Å². The summed E-state index contributed by atoms with van der Waals surface area (Å²) >= 11 is 0. The SMILES string of the molecule is CC[C@@H](C(=O)NCC(C)C)N(Cc1ccc(F)cc1)C(=O)CN(c1cccc(C(F)(F)F)c1)S(C)(=O)=O. The number of carbonyl (C=O) groups is 2. The molecule has 0 unspecified atom stereocenters. The zero-order valence-corrected chi connectivity index (χ0v) is 21.9. The first-order chi connectivity index (χ1) is 17.1. The molecule has 0 bridgehead atoms. The van der Waals surface area contributed by atoms with Crippen molar-refractivity contribution in [3.05, 3.63) is 65.5 Å². The van der Waals surface area contributed by atoms with Gasteiger partial charge in [0.15, 0.2) is 0 Å². The maximum Gasteiger partial charge on any atom is 0.416 e. The van der Waals surface area contributed by atoms with E-state index in [1.54, 1.807) is 6.92 Å². The molecular weight excluding hydrogens is 514 g/mol. The molecule has 204 valence electrons. The Kier molecular flexibility index (Phi) is 10.1. The minimum Gasteiger partial charge on any atom is -0.354 e. The first kappa shape index (κ1) is 30.1. The minimum absolute atomic E-state index is 0.129. The first-order valence-electron chi connectivity index (χ1n) is 11.6. The number of rotatable bonds is 11. The molecule has 0 aliphatic heterocycles. The van der Waals surface area contributed by atoms with Crippen molar-refractivity contribution in [2.24, 2.45) is 5.92 Å². The molecule has 0 saturated carbocycles. The van der Waals surface area contributed by atoms with Crippen molar-refractivity contribution in [3.63, 3.8) is 0 Å². The van der Waals surface area contributed by atoms with Gasteiger partial charge < -0.3 is 10.2 Å². The fraction of sp³-hybridized carbons (Fsp3) is 0.440. The molecule has 0 radical (unpaired) electrons. The van der Waals surface area contributed by atoms with E-state index < -0.39 is 52.0 Å². The zero-order valence-electron chi connectivity index (χ0n) is 21.0. The molecule has 2 aromatic carbocycles. The molecule has 2 amide bonds. The van der Waals surface area contributed by atoms with Gasteiger partial charge in [-0.2, -0.15) is 13.2 Å². The lowest BCUT2D eigenvalue weighted by atomic mass is 10.1. The van der Waals surface area contributed by atoms with Gasteiger partial charge in [-0.1, -0.05) is 39.0 Å². The monoisotopic (exact) mass is 545 g/mol. The molecule has 1 atom stereocenters. The van der Waals surface area contributed by atoms with Crippen LogP contribution in [0.3, 0.4) is 0 Å². The van der Waals surface area contributed by atoms with Gasteiger partial charge in [0, 0.05) is 13.1 Å². The summed E-state index contributed by atoms with van der Waals surface area (Å²) in [6, 6.07) is 7.85. The van der Waals surface area contributed by atoms with Gasteiger partial charge >= 0.3 is 6.18 Å². The Morgan fingerprint density at radius 2 is 1.68 bits per heavy atom. The molecule has 2 rings (SSSR count). The molecule has 1 N–H and O–H groups in total. The third-order valence-corrected chi connectivity index (χ3v) is 6.62. The van der Waals surface area contributed by atoms with Crippen molar-refractivity contribution < 1.29 is 35.6 Å². The van der Waals surface area contributed by atoms with Crippen LogP contribution in [0.1, 0.15) is 38.3 Å². The highest BCUT2D eigenvalue weighted by Gasteiger charge is 2.34. The molecule has 0 aliphatic rings. The predicted molar refractivity (Wildman–Crippen MR) is 133 cm³/mol. The number of halogens is 4. The van der Waals surface area contributed by atoms with E-state index in [0.29, 0.717) is 22.5 Å². The second kappa shape index (κ2) is 12.4. The fourth-order valence-corrected chi connectivity index (χ4v) is 4.42. The van der Waals surface area contributed by atoms with Crippen molar-refractivity contribution >= 4 is 27.5 Å². The quantitative estimate of drug-likeness (QED) is 0.429. The summed E-state index contributed by atoms with van der Waals surface area (Å²) in [7, 11) is -4.19. The molecule has 0 saturated heterocycles. The summed E-state index contributed by atoms with van der Waals surface area (Å²) in [5.74, 6) is -1.64. The Hall–Kier alpha value is -3.15. The van der Waals surface area contributed by atoms with E-state index in [2.05, 4.69) is 5.32 Å². The summed E-state index contributed by atoms with van der Waals surface area (Å²) in [4.78, 5) is 27.6. The molecule has 37 heavy (non-hydrogen) atoms. The van der Waals surface area contributed by atoms with Crippen molar-refractivity contribution in [1.82, 2.24) is 10.2 Å². The maximum absolute atomic E-state index is 13.5. The summed E-state index contributed by atoms with van der Waals surface area (Å²) in [6.45, 7) is 4.81. The van der Waals surface area contributed by atoms with E-state index in [-0.39, 0.29) is 24.6 Å². The van der Waals surface area contributed by atoms with Gasteiger partial charge in [0.05, 0.1) is 17.5 Å². The summed E-state index contributed by atoms with van der Waals surface area (Å²) < 4.78 is 78.8.